The fourth-order valence-electron chi connectivity index (χ4n) is 5.04. The summed E-state index contributed by atoms with van der Waals surface area (Å²) >= 11 is 1.59. The maximum absolute atomic E-state index is 13.7. The molecule has 180 valence electrons. The fourth-order valence-corrected chi connectivity index (χ4v) is 6.10. The van der Waals surface area contributed by atoms with Gasteiger partial charge in [-0.25, -0.2) is 4.79 Å². The average Bonchev–Trinajstić information content (AvgIpc) is 2.97. The first-order valence-corrected chi connectivity index (χ1v) is 13.2. The van der Waals surface area contributed by atoms with Gasteiger partial charge >= 0.3 is 6.03 Å². The summed E-state index contributed by atoms with van der Waals surface area (Å²) in [5.74, 6) is 1.02. The van der Waals surface area contributed by atoms with E-state index in [9.17, 15) is 9.59 Å². The highest BCUT2D eigenvalue weighted by molar-refractivity contribution is 7.99. The largest absolute Gasteiger partial charge is 0.335 e. The maximum atomic E-state index is 13.7. The average molecular weight is 486 g/mol. The summed E-state index contributed by atoms with van der Waals surface area (Å²) in [6.07, 6.45) is 3.37. The van der Waals surface area contributed by atoms with E-state index in [2.05, 4.69) is 24.5 Å². The van der Waals surface area contributed by atoms with Crippen LogP contribution in [0.15, 0.2) is 82.6 Å². The van der Waals surface area contributed by atoms with Crippen LogP contribution >= 0.6 is 11.8 Å². The van der Waals surface area contributed by atoms with Crippen molar-refractivity contribution in [3.63, 3.8) is 0 Å². The van der Waals surface area contributed by atoms with Crippen LogP contribution in [0, 0.1) is 11.8 Å². The first kappa shape index (κ1) is 23.5. The molecule has 3 aromatic carbocycles. The van der Waals surface area contributed by atoms with E-state index in [-0.39, 0.29) is 18.0 Å². The molecule has 5 nitrogen and oxygen atoms in total. The number of carbonyl (C=O) groups is 2. The van der Waals surface area contributed by atoms with Crippen molar-refractivity contribution in [1.82, 2.24) is 5.32 Å². The van der Waals surface area contributed by atoms with E-state index in [1.807, 2.05) is 77.7 Å². The zero-order valence-corrected chi connectivity index (χ0v) is 21.0. The number of hydrogen-bond acceptors (Lipinski definition) is 3. The molecule has 6 heteroatoms. The topological polar surface area (TPSA) is 61.4 Å². The summed E-state index contributed by atoms with van der Waals surface area (Å²) in [4.78, 5) is 30.3. The lowest BCUT2D eigenvalue weighted by atomic mass is 9.78. The third-order valence-electron chi connectivity index (χ3n) is 7.30. The predicted molar refractivity (Wildman–Crippen MR) is 142 cm³/mol. The molecule has 0 spiro atoms. The van der Waals surface area contributed by atoms with Crippen LogP contribution in [0.25, 0.3) is 0 Å². The molecule has 2 N–H and O–H groups in total. The van der Waals surface area contributed by atoms with Gasteiger partial charge in [0.2, 0.25) is 0 Å². The molecule has 3 aromatic rings. The number of carbonyl (C=O) groups excluding carboxylic acids is 2. The zero-order valence-electron chi connectivity index (χ0n) is 20.2. The van der Waals surface area contributed by atoms with Gasteiger partial charge in [-0.1, -0.05) is 80.9 Å². The lowest BCUT2D eigenvalue weighted by molar-refractivity contribution is 0.0982. The Balaban J connectivity index is 1.43. The molecule has 1 heterocycles. The van der Waals surface area contributed by atoms with Crippen LogP contribution < -0.4 is 15.5 Å². The van der Waals surface area contributed by atoms with Crippen molar-refractivity contribution in [2.45, 2.75) is 55.5 Å². The highest BCUT2D eigenvalue weighted by atomic mass is 32.2. The lowest BCUT2D eigenvalue weighted by Crippen LogP contribution is -2.45. The van der Waals surface area contributed by atoms with Crippen LogP contribution in [0.2, 0.25) is 0 Å². The van der Waals surface area contributed by atoms with Crippen LogP contribution in [0.5, 0.6) is 0 Å². The van der Waals surface area contributed by atoms with E-state index in [0.29, 0.717) is 29.6 Å². The summed E-state index contributed by atoms with van der Waals surface area (Å²) in [5, 5.41) is 6.20. The molecular weight excluding hydrogens is 454 g/mol. The molecule has 35 heavy (non-hydrogen) atoms. The van der Waals surface area contributed by atoms with Crippen molar-refractivity contribution in [3.8, 4) is 0 Å². The van der Waals surface area contributed by atoms with Crippen molar-refractivity contribution in [2.75, 3.05) is 10.2 Å². The minimum absolute atomic E-state index is 0.0395. The second-order valence-electron chi connectivity index (χ2n) is 9.63. The molecule has 3 atom stereocenters. The minimum Gasteiger partial charge on any atom is -0.335 e. The van der Waals surface area contributed by atoms with Crippen molar-refractivity contribution >= 4 is 35.1 Å². The summed E-state index contributed by atoms with van der Waals surface area (Å²) in [6.45, 7) is 4.94. The Hall–Kier alpha value is -3.25. The Kier molecular flexibility index (Phi) is 6.82. The number of rotatable bonds is 4. The van der Waals surface area contributed by atoms with Gasteiger partial charge in [0.15, 0.2) is 0 Å². The second-order valence-corrected chi connectivity index (χ2v) is 10.7. The monoisotopic (exact) mass is 485 g/mol. The molecule has 0 radical (unpaired) electrons. The normalized spacial score (nSPS) is 21.5. The van der Waals surface area contributed by atoms with E-state index in [1.54, 1.807) is 11.8 Å². The van der Waals surface area contributed by atoms with Gasteiger partial charge in [-0.05, 0) is 54.2 Å². The summed E-state index contributed by atoms with van der Waals surface area (Å²) in [6, 6.07) is 23.5. The maximum Gasteiger partial charge on any atom is 0.319 e. The molecule has 1 saturated carbocycles. The Morgan fingerprint density at radius 2 is 1.74 bits per heavy atom. The van der Waals surface area contributed by atoms with Crippen molar-refractivity contribution in [3.05, 3.63) is 83.9 Å². The Morgan fingerprint density at radius 1 is 0.971 bits per heavy atom. The molecule has 0 saturated heterocycles. The number of fused-ring (bicyclic) bond motifs is 2. The Morgan fingerprint density at radius 3 is 2.57 bits per heavy atom. The number of nitrogens with zero attached hydrogens (tertiary/aromatic N) is 1. The number of benzene rings is 3. The molecular formula is C29H31N3O2S. The van der Waals surface area contributed by atoms with Gasteiger partial charge in [-0.3, -0.25) is 4.79 Å². The molecule has 1 aliphatic carbocycles. The summed E-state index contributed by atoms with van der Waals surface area (Å²) < 4.78 is 0. The van der Waals surface area contributed by atoms with Crippen molar-refractivity contribution < 1.29 is 9.59 Å². The molecule has 0 bridgehead atoms. The first-order chi connectivity index (χ1) is 17.0. The SMILES string of the molecule is C[C@H]1[C@H](C)CCC[C@H]1NC(=O)Nc1ccc2c(c1)N(Cc1ccccc1)C(=O)c1ccccc1S2. The third kappa shape index (κ3) is 5.08. The standard InChI is InChI=1S/C29H31N3O2S/c1-19-9-8-13-24(20(19)2)31-29(34)30-22-15-16-27-25(17-22)32(18-21-10-4-3-5-11-21)28(33)23-12-6-7-14-26(23)35-27/h3-7,10-12,14-17,19-20,24H,8-9,13,18H2,1-2H3,(H2,30,31,34)/t19-,20+,24-/m1/s1. The third-order valence-corrected chi connectivity index (χ3v) is 8.44. The highest BCUT2D eigenvalue weighted by Gasteiger charge is 2.29. The number of amides is 3. The van der Waals surface area contributed by atoms with E-state index >= 15 is 0 Å². The van der Waals surface area contributed by atoms with Crippen LogP contribution in [-0.2, 0) is 6.54 Å². The molecule has 0 unspecified atom stereocenters. The fraction of sp³-hybridized carbons (Fsp3) is 0.310. The number of urea groups is 1. The number of hydrogen-bond donors (Lipinski definition) is 2. The van der Waals surface area contributed by atoms with Gasteiger partial charge in [-0.15, -0.1) is 0 Å². The van der Waals surface area contributed by atoms with Gasteiger partial charge in [0.25, 0.3) is 5.91 Å². The summed E-state index contributed by atoms with van der Waals surface area (Å²) in [5.41, 5.74) is 3.22. The molecule has 0 aromatic heterocycles. The highest BCUT2D eigenvalue weighted by Crippen LogP contribution is 2.43. The van der Waals surface area contributed by atoms with Crippen molar-refractivity contribution in [2.24, 2.45) is 11.8 Å². The van der Waals surface area contributed by atoms with Crippen LogP contribution in [0.3, 0.4) is 0 Å². The molecule has 1 aliphatic heterocycles. The zero-order chi connectivity index (χ0) is 24.4. The molecule has 2 aliphatic rings. The molecule has 5 rings (SSSR count). The van der Waals surface area contributed by atoms with Crippen LogP contribution in [0.4, 0.5) is 16.2 Å². The first-order valence-electron chi connectivity index (χ1n) is 12.3. The van der Waals surface area contributed by atoms with Crippen molar-refractivity contribution in [1.29, 1.82) is 0 Å². The lowest BCUT2D eigenvalue weighted by Gasteiger charge is -2.34. The minimum atomic E-state index is -0.193. The van der Waals surface area contributed by atoms with Crippen LogP contribution in [0.1, 0.15) is 49.0 Å². The number of anilines is 2. The smallest absolute Gasteiger partial charge is 0.319 e. The van der Waals surface area contributed by atoms with Gasteiger partial charge in [-0.2, -0.15) is 0 Å². The quantitative estimate of drug-likeness (QED) is 0.421. The van der Waals surface area contributed by atoms with E-state index < -0.39 is 0 Å². The predicted octanol–water partition coefficient (Wildman–Crippen LogP) is 6.94. The Labute approximate surface area is 211 Å². The van der Waals surface area contributed by atoms with Gasteiger partial charge in [0.05, 0.1) is 17.8 Å². The van der Waals surface area contributed by atoms with E-state index in [1.165, 1.54) is 6.42 Å². The Bertz CT molecular complexity index is 1230. The van der Waals surface area contributed by atoms with E-state index in [4.69, 9.17) is 0 Å². The number of nitrogens with one attached hydrogen (secondary N) is 2. The summed E-state index contributed by atoms with van der Waals surface area (Å²) in [7, 11) is 0. The van der Waals surface area contributed by atoms with Gasteiger partial charge in [0.1, 0.15) is 0 Å². The van der Waals surface area contributed by atoms with Gasteiger partial charge < -0.3 is 15.5 Å². The van der Waals surface area contributed by atoms with Crippen LogP contribution in [-0.4, -0.2) is 18.0 Å². The van der Waals surface area contributed by atoms with Gasteiger partial charge in [0, 0.05) is 21.5 Å². The second kappa shape index (κ2) is 10.2. The van der Waals surface area contributed by atoms with E-state index in [0.717, 1.165) is 33.9 Å². The molecule has 1 fully saturated rings. The molecule has 3 amide bonds.